The lowest BCUT2D eigenvalue weighted by Crippen LogP contribution is -2.25. The number of nitrogens with zero attached hydrogens (tertiary/aromatic N) is 1. The number of aliphatic hydroxyl groups excluding tert-OH is 1. The molecule has 11 heteroatoms. The smallest absolute Gasteiger partial charge is 0.385 e. The molecule has 154 valence electrons. The van der Waals surface area contributed by atoms with E-state index in [0.29, 0.717) is 6.07 Å². The van der Waals surface area contributed by atoms with Gasteiger partial charge in [0.2, 0.25) is 0 Å². The van der Waals surface area contributed by atoms with Crippen molar-refractivity contribution in [1.29, 1.82) is 5.26 Å². The minimum absolute atomic E-state index is 0.223. The summed E-state index contributed by atoms with van der Waals surface area (Å²) < 4.78 is 105. The van der Waals surface area contributed by atoms with Crippen molar-refractivity contribution in [2.45, 2.75) is 35.3 Å². The number of hydrogen-bond acceptors (Lipinski definition) is 4. The third kappa shape index (κ3) is 3.47. The average molecular weight is 435 g/mol. The molecule has 1 aliphatic carbocycles. The van der Waals surface area contributed by atoms with E-state index in [-0.39, 0.29) is 11.1 Å². The van der Waals surface area contributed by atoms with E-state index < -0.39 is 67.6 Å². The molecule has 0 spiro atoms. The Morgan fingerprint density at radius 1 is 1.21 bits per heavy atom. The quantitative estimate of drug-likeness (QED) is 0.740. The van der Waals surface area contributed by atoms with Gasteiger partial charge >= 0.3 is 5.51 Å². The molecule has 3 atom stereocenters. The Hall–Kier alpha value is -2.58. The normalized spacial score (nSPS) is 20.2. The molecule has 0 fully saturated rings. The van der Waals surface area contributed by atoms with E-state index in [4.69, 9.17) is 5.26 Å². The van der Waals surface area contributed by atoms with Gasteiger partial charge in [0, 0.05) is 12.0 Å². The van der Waals surface area contributed by atoms with Crippen molar-refractivity contribution in [3.8, 4) is 6.07 Å². The molecule has 0 aromatic heterocycles. The molecule has 2 aromatic rings. The molecule has 0 unspecified atom stereocenters. The van der Waals surface area contributed by atoms with Gasteiger partial charge in [0.15, 0.2) is 6.17 Å². The van der Waals surface area contributed by atoms with Crippen molar-refractivity contribution in [2.24, 2.45) is 0 Å². The average Bonchev–Trinajstić information content (AvgIpc) is 2.93. The molecule has 2 aromatic carbocycles. The van der Waals surface area contributed by atoms with Crippen LogP contribution in [-0.2, 0) is 16.3 Å². The first-order chi connectivity index (χ1) is 13.4. The summed E-state index contributed by atoms with van der Waals surface area (Å²) >= 11 is 0. The van der Waals surface area contributed by atoms with E-state index in [0.717, 1.165) is 24.3 Å². The van der Waals surface area contributed by atoms with Gasteiger partial charge in [-0.05, 0) is 41.0 Å². The van der Waals surface area contributed by atoms with Crippen LogP contribution in [0, 0.1) is 17.1 Å². The number of benzene rings is 2. The van der Waals surface area contributed by atoms with Gasteiger partial charge in [-0.3, -0.25) is 0 Å². The van der Waals surface area contributed by atoms with E-state index >= 15 is 4.39 Å². The van der Waals surface area contributed by atoms with Gasteiger partial charge in [-0.25, -0.2) is 21.6 Å². The lowest BCUT2D eigenvalue weighted by atomic mass is 9.94. The Morgan fingerprint density at radius 3 is 2.45 bits per heavy atom. The maximum atomic E-state index is 15.1. The number of sulfone groups is 1. The molecule has 0 radical (unpaired) electrons. The zero-order valence-corrected chi connectivity index (χ0v) is 15.0. The van der Waals surface area contributed by atoms with Gasteiger partial charge < -0.3 is 5.11 Å². The molecule has 1 aliphatic rings. The second-order valence-corrected chi connectivity index (χ2v) is 8.32. The molecule has 0 amide bonds. The maximum Gasteiger partial charge on any atom is 0.501 e. The highest BCUT2D eigenvalue weighted by molar-refractivity contribution is 7.92. The number of aliphatic hydroxyl groups is 1. The second-order valence-electron chi connectivity index (χ2n) is 6.41. The minimum Gasteiger partial charge on any atom is -0.385 e. The fraction of sp³-hybridized carbons (Fsp3) is 0.278. The van der Waals surface area contributed by atoms with Crippen LogP contribution in [0.3, 0.4) is 0 Å². The van der Waals surface area contributed by atoms with Crippen LogP contribution in [-0.4, -0.2) is 25.2 Å². The largest absolute Gasteiger partial charge is 0.501 e. The van der Waals surface area contributed by atoms with Gasteiger partial charge in [0.25, 0.3) is 9.84 Å². The van der Waals surface area contributed by atoms with E-state index in [2.05, 4.69) is 0 Å². The third-order valence-electron chi connectivity index (χ3n) is 4.60. The highest BCUT2D eigenvalue weighted by atomic mass is 32.2. The standard InChI is InChI=1S/C18H11F6NO3S/c19-10-4-8(7-25)3-9(5-10)16(21)11-1-2-14(29(27,28)18(22,23)24)15-12(11)6-13(20)17(15)26/h1-5,13,16-17,26H,6H2/t13-,16+,17-/m1/s1. The van der Waals surface area contributed by atoms with E-state index in [1.165, 1.54) is 0 Å². The number of rotatable bonds is 3. The molecule has 1 N–H and O–H groups in total. The van der Waals surface area contributed by atoms with Crippen LogP contribution in [0.5, 0.6) is 0 Å². The molecule has 29 heavy (non-hydrogen) atoms. The van der Waals surface area contributed by atoms with Crippen molar-refractivity contribution in [3.05, 3.63) is 64.0 Å². The minimum atomic E-state index is -5.93. The van der Waals surface area contributed by atoms with Crippen LogP contribution < -0.4 is 0 Å². The summed E-state index contributed by atoms with van der Waals surface area (Å²) in [5.74, 6) is -0.946. The Morgan fingerprint density at radius 2 is 1.86 bits per heavy atom. The van der Waals surface area contributed by atoms with Gasteiger partial charge in [-0.15, -0.1) is 0 Å². The summed E-state index contributed by atoms with van der Waals surface area (Å²) in [7, 11) is -5.93. The topological polar surface area (TPSA) is 78.2 Å². The van der Waals surface area contributed by atoms with Crippen LogP contribution >= 0.6 is 0 Å². The molecular weight excluding hydrogens is 424 g/mol. The first-order valence-electron chi connectivity index (χ1n) is 8.02. The highest BCUT2D eigenvalue weighted by Crippen LogP contribution is 2.45. The van der Waals surface area contributed by atoms with Crippen molar-refractivity contribution in [3.63, 3.8) is 0 Å². The van der Waals surface area contributed by atoms with E-state index in [1.54, 1.807) is 6.07 Å². The molecule has 0 bridgehead atoms. The maximum absolute atomic E-state index is 15.1. The van der Waals surface area contributed by atoms with Gasteiger partial charge in [-0.1, -0.05) is 6.07 Å². The van der Waals surface area contributed by atoms with Crippen molar-refractivity contribution in [1.82, 2.24) is 0 Å². The molecule has 0 heterocycles. The van der Waals surface area contributed by atoms with Crippen LogP contribution in [0.2, 0.25) is 0 Å². The number of halogens is 6. The Kier molecular flexibility index (Phi) is 5.13. The Balaban J connectivity index is 2.22. The molecular formula is C18H11F6NO3S. The summed E-state index contributed by atoms with van der Waals surface area (Å²) in [6, 6.07) is 5.36. The Bertz CT molecular complexity index is 1120. The summed E-state index contributed by atoms with van der Waals surface area (Å²) in [4.78, 5) is -1.36. The fourth-order valence-corrected chi connectivity index (χ4v) is 4.33. The number of fused-ring (bicyclic) bond motifs is 1. The zero-order chi connectivity index (χ0) is 21.7. The van der Waals surface area contributed by atoms with E-state index in [9.17, 15) is 35.5 Å². The Labute approximate surface area is 160 Å². The van der Waals surface area contributed by atoms with Crippen molar-refractivity contribution in [2.75, 3.05) is 0 Å². The molecule has 0 saturated heterocycles. The molecule has 4 nitrogen and oxygen atoms in total. The number of hydrogen-bond donors (Lipinski definition) is 1. The van der Waals surface area contributed by atoms with Crippen LogP contribution in [0.1, 0.15) is 40.1 Å². The zero-order valence-electron chi connectivity index (χ0n) is 14.2. The van der Waals surface area contributed by atoms with Crippen LogP contribution in [0.4, 0.5) is 26.3 Å². The van der Waals surface area contributed by atoms with Crippen LogP contribution in [0.25, 0.3) is 0 Å². The first-order valence-corrected chi connectivity index (χ1v) is 9.50. The van der Waals surface area contributed by atoms with Crippen molar-refractivity contribution >= 4 is 9.84 Å². The lowest BCUT2D eigenvalue weighted by Gasteiger charge is -2.18. The van der Waals surface area contributed by atoms with Crippen molar-refractivity contribution < 1.29 is 39.9 Å². The number of alkyl halides is 5. The lowest BCUT2D eigenvalue weighted by molar-refractivity contribution is -0.0437. The molecule has 3 rings (SSSR count). The SMILES string of the molecule is N#Cc1cc(F)cc([C@H](F)c2ccc(S(=O)(=O)C(F)(F)F)c3c2C[C@@H](F)[C@H]3O)c1. The summed E-state index contributed by atoms with van der Waals surface area (Å²) in [5.41, 5.74) is -8.03. The number of nitriles is 1. The van der Waals surface area contributed by atoms with Gasteiger partial charge in [0.05, 0.1) is 16.5 Å². The fourth-order valence-electron chi connectivity index (χ4n) is 3.30. The van der Waals surface area contributed by atoms with Gasteiger partial charge in [-0.2, -0.15) is 18.4 Å². The summed E-state index contributed by atoms with van der Waals surface area (Å²) in [6.07, 6.45) is -7.28. The van der Waals surface area contributed by atoms with E-state index in [1.807, 2.05) is 0 Å². The van der Waals surface area contributed by atoms with Crippen LogP contribution in [0.15, 0.2) is 35.2 Å². The highest BCUT2D eigenvalue weighted by Gasteiger charge is 2.50. The monoisotopic (exact) mass is 435 g/mol. The summed E-state index contributed by atoms with van der Waals surface area (Å²) in [6.45, 7) is 0. The molecule has 0 aliphatic heterocycles. The second kappa shape index (κ2) is 7.03. The predicted octanol–water partition coefficient (Wildman–Crippen LogP) is 3.98. The molecule has 0 saturated carbocycles. The predicted molar refractivity (Wildman–Crippen MR) is 87.3 cm³/mol. The summed E-state index contributed by atoms with van der Waals surface area (Å²) in [5, 5.41) is 18.8. The third-order valence-corrected chi connectivity index (χ3v) is 6.14. The van der Waals surface area contributed by atoms with Gasteiger partial charge in [0.1, 0.15) is 18.1 Å². The first kappa shape index (κ1) is 21.1.